The maximum atomic E-state index is 12.9. The number of ether oxygens (including phenoxy) is 1. The van der Waals surface area contributed by atoms with Gasteiger partial charge in [0, 0.05) is 54.3 Å². The molecule has 2 saturated heterocycles. The highest BCUT2D eigenvalue weighted by Crippen LogP contribution is 2.31. The molecule has 0 bridgehead atoms. The molecule has 1 unspecified atom stereocenters. The fourth-order valence-corrected chi connectivity index (χ4v) is 6.40. The third kappa shape index (κ3) is 9.54. The lowest BCUT2D eigenvalue weighted by Crippen LogP contribution is -2.39. The fraction of sp³-hybridized carbons (Fsp3) is 0.463. The smallest absolute Gasteiger partial charge is 0.227 e. The first-order valence-electron chi connectivity index (χ1n) is 18.0. The normalized spacial score (nSPS) is 17.7. The summed E-state index contributed by atoms with van der Waals surface area (Å²) >= 11 is 0. The van der Waals surface area contributed by atoms with Crippen LogP contribution in [0.5, 0.6) is 0 Å². The summed E-state index contributed by atoms with van der Waals surface area (Å²) in [4.78, 5) is 53.6. The van der Waals surface area contributed by atoms with Gasteiger partial charge in [0.25, 0.3) is 0 Å². The molecule has 6 rings (SSSR count). The summed E-state index contributed by atoms with van der Waals surface area (Å²) in [6.45, 7) is 12.6. The molecule has 12 nitrogen and oxygen atoms in total. The van der Waals surface area contributed by atoms with Crippen LogP contribution in [0, 0.1) is 0 Å². The van der Waals surface area contributed by atoms with Gasteiger partial charge in [-0.05, 0) is 48.2 Å². The van der Waals surface area contributed by atoms with Gasteiger partial charge >= 0.3 is 0 Å². The molecule has 4 aromatic rings. The van der Waals surface area contributed by atoms with Crippen molar-refractivity contribution in [3.63, 3.8) is 0 Å². The van der Waals surface area contributed by atoms with Crippen molar-refractivity contribution in [3.8, 4) is 0 Å². The molecule has 282 valence electrons. The van der Waals surface area contributed by atoms with Crippen molar-refractivity contribution < 1.29 is 38.1 Å². The van der Waals surface area contributed by atoms with Crippen molar-refractivity contribution in [1.82, 2.24) is 10.3 Å². The van der Waals surface area contributed by atoms with Crippen LogP contribution in [0.1, 0.15) is 101 Å². The van der Waals surface area contributed by atoms with Crippen LogP contribution in [-0.4, -0.2) is 58.0 Å². The molecule has 2 fully saturated rings. The number of nitrogens with zero attached hydrogens (tertiary/aromatic N) is 4. The van der Waals surface area contributed by atoms with Crippen molar-refractivity contribution in [2.75, 3.05) is 16.9 Å². The van der Waals surface area contributed by atoms with Gasteiger partial charge < -0.3 is 28.7 Å². The van der Waals surface area contributed by atoms with E-state index in [0.29, 0.717) is 49.4 Å². The van der Waals surface area contributed by atoms with Crippen LogP contribution in [0.25, 0.3) is 0 Å². The summed E-state index contributed by atoms with van der Waals surface area (Å²) in [7, 11) is 1.64. The Morgan fingerprint density at radius 3 is 1.45 bits per heavy atom. The van der Waals surface area contributed by atoms with Gasteiger partial charge in [-0.15, -0.1) is 0 Å². The van der Waals surface area contributed by atoms with Gasteiger partial charge in [-0.1, -0.05) is 76.1 Å². The minimum absolute atomic E-state index is 0.0180. The van der Waals surface area contributed by atoms with E-state index in [9.17, 15) is 19.2 Å². The Bertz CT molecular complexity index is 1900. The number of anilines is 2. The number of amides is 2. The Morgan fingerprint density at radius 1 is 0.717 bits per heavy atom. The predicted octanol–water partition coefficient (Wildman–Crippen LogP) is 6.20. The van der Waals surface area contributed by atoms with E-state index in [1.807, 2.05) is 77.9 Å². The third-order valence-corrected chi connectivity index (χ3v) is 9.40. The number of aliphatic hydroxyl groups is 1. The number of hydrogen-bond acceptors (Lipinski definition) is 10. The summed E-state index contributed by atoms with van der Waals surface area (Å²) in [6.07, 6.45) is 2.07. The lowest BCUT2D eigenvalue weighted by atomic mass is 9.93. The van der Waals surface area contributed by atoms with E-state index in [2.05, 4.69) is 10.3 Å². The van der Waals surface area contributed by atoms with Crippen LogP contribution in [0.4, 0.5) is 11.4 Å². The Balaban J connectivity index is 0.000000204. The van der Waals surface area contributed by atoms with E-state index in [-0.39, 0.29) is 53.7 Å². The maximum Gasteiger partial charge on any atom is 0.227 e. The van der Waals surface area contributed by atoms with Gasteiger partial charge in [0.15, 0.2) is 11.6 Å². The minimum atomic E-state index is -0.489. The van der Waals surface area contributed by atoms with Gasteiger partial charge in [-0.3, -0.25) is 19.2 Å². The first-order chi connectivity index (χ1) is 25.1. The molecule has 53 heavy (non-hydrogen) atoms. The Morgan fingerprint density at radius 2 is 1.11 bits per heavy atom. The van der Waals surface area contributed by atoms with Crippen molar-refractivity contribution in [2.45, 2.75) is 116 Å². The Kier molecular flexibility index (Phi) is 12.1. The molecule has 4 heterocycles. The first-order valence-corrected chi connectivity index (χ1v) is 18.0. The molecule has 2 aromatic carbocycles. The van der Waals surface area contributed by atoms with E-state index in [4.69, 9.17) is 18.9 Å². The van der Waals surface area contributed by atoms with Gasteiger partial charge in [0.05, 0.1) is 49.5 Å². The first kappa shape index (κ1) is 39.3. The molecule has 2 atom stereocenters. The molecule has 2 aromatic heterocycles. The molecule has 0 saturated carbocycles. The molecule has 1 N–H and O–H groups in total. The highest BCUT2D eigenvalue weighted by Gasteiger charge is 2.38. The lowest BCUT2D eigenvalue weighted by molar-refractivity contribution is -0.122. The number of aromatic nitrogens is 2. The number of carbonyl (C=O) groups is 4. The number of Topliss-reactive ketones (excluding diaryl/α,β-unsaturated/α-hetero) is 2. The highest BCUT2D eigenvalue weighted by molar-refractivity contribution is 6.05. The zero-order chi connectivity index (χ0) is 38.5. The summed E-state index contributed by atoms with van der Waals surface area (Å²) < 4.78 is 15.8. The van der Waals surface area contributed by atoms with Crippen molar-refractivity contribution in [2.24, 2.45) is 0 Å². The zero-order valence-corrected chi connectivity index (χ0v) is 31.7. The van der Waals surface area contributed by atoms with E-state index in [1.54, 1.807) is 41.2 Å². The van der Waals surface area contributed by atoms with Gasteiger partial charge in [0.2, 0.25) is 11.8 Å². The molecule has 0 radical (unpaired) electrons. The molecular formula is C41H50N4O8. The summed E-state index contributed by atoms with van der Waals surface area (Å²) in [5, 5.41) is 17.2. The number of hydrogen-bond donors (Lipinski definition) is 1. The van der Waals surface area contributed by atoms with E-state index >= 15 is 0 Å². The van der Waals surface area contributed by atoms with Crippen LogP contribution < -0.4 is 9.80 Å². The van der Waals surface area contributed by atoms with Crippen molar-refractivity contribution in [1.29, 1.82) is 0 Å². The van der Waals surface area contributed by atoms with E-state index < -0.39 is 12.1 Å². The Hall–Kier alpha value is -4.94. The Labute approximate surface area is 310 Å². The zero-order valence-electron chi connectivity index (χ0n) is 31.7. The summed E-state index contributed by atoms with van der Waals surface area (Å²) in [5.41, 5.74) is 4.08. The summed E-state index contributed by atoms with van der Waals surface area (Å²) in [6, 6.07) is 17.3. The van der Waals surface area contributed by atoms with Gasteiger partial charge in [0.1, 0.15) is 11.5 Å². The van der Waals surface area contributed by atoms with Crippen molar-refractivity contribution in [3.05, 3.63) is 94.7 Å². The predicted molar refractivity (Wildman–Crippen MR) is 198 cm³/mol. The van der Waals surface area contributed by atoms with Crippen LogP contribution in [0.2, 0.25) is 0 Å². The molecule has 12 heteroatoms. The fourth-order valence-electron chi connectivity index (χ4n) is 6.40. The van der Waals surface area contributed by atoms with Crippen LogP contribution in [-0.2, 0) is 60.8 Å². The summed E-state index contributed by atoms with van der Waals surface area (Å²) in [5.74, 6) is 1.34. The highest BCUT2D eigenvalue weighted by atomic mass is 16.5. The number of methoxy groups -OCH3 is 1. The molecular weight excluding hydrogens is 676 g/mol. The van der Waals surface area contributed by atoms with E-state index in [1.165, 1.54) is 0 Å². The van der Waals surface area contributed by atoms with Gasteiger partial charge in [-0.2, -0.15) is 0 Å². The lowest BCUT2D eigenvalue weighted by Gasteiger charge is -2.24. The van der Waals surface area contributed by atoms with Crippen LogP contribution in [0.15, 0.2) is 69.7 Å². The van der Waals surface area contributed by atoms with E-state index in [0.717, 1.165) is 28.3 Å². The van der Waals surface area contributed by atoms with Crippen molar-refractivity contribution >= 4 is 34.8 Å². The largest absolute Gasteiger partial charge is 0.392 e. The number of aliphatic hydroxyl groups excluding tert-OH is 1. The topological polar surface area (TPSA) is 156 Å². The third-order valence-electron chi connectivity index (χ3n) is 9.40. The second kappa shape index (κ2) is 16.4. The second-order valence-corrected chi connectivity index (χ2v) is 15.7. The minimum Gasteiger partial charge on any atom is -0.392 e. The number of benzene rings is 2. The average molecular weight is 727 g/mol. The average Bonchev–Trinajstić information content (AvgIpc) is 3.93. The number of rotatable bonds is 11. The second-order valence-electron chi connectivity index (χ2n) is 15.7. The molecule has 2 aliphatic heterocycles. The quantitative estimate of drug-likeness (QED) is 0.189. The standard InChI is InChI=1S/C21H26N2O4.C20H24N2O4/c1-21(2,3)19-12-15(22-27-19)11-18(24)17-9-10-20(25)23(17)16-7-5-14(6-8-16)13-26-4;1-20(2,3)18-11-14(21-26-18)10-17(24)16-8-9-19(25)22(16)15-6-4-13(12-23)5-7-15/h5-8,12,17H,9-11,13H2,1-4H3;4-7,11,16,23H,8-10,12H2,1-3H3/t;16-/m.0/s1. The van der Waals surface area contributed by atoms with Crippen LogP contribution >= 0.6 is 0 Å². The number of ketones is 2. The molecule has 0 spiro atoms. The van der Waals surface area contributed by atoms with Crippen LogP contribution in [0.3, 0.4) is 0 Å². The maximum absolute atomic E-state index is 12.9. The molecule has 0 aliphatic carbocycles. The monoisotopic (exact) mass is 726 g/mol. The molecule has 2 amide bonds. The SMILES string of the molecule is CC(C)(C)c1cc(CC(=O)[C@@H]2CCC(=O)N2c2ccc(CO)cc2)no1.COCc1ccc(N2C(=O)CCC2C(=O)Cc2cc(C(C)(C)C)on2)cc1. The molecule has 2 aliphatic rings. The number of carbonyl (C=O) groups excluding carboxylic acids is 4. The van der Waals surface area contributed by atoms with Gasteiger partial charge in [-0.25, -0.2) is 0 Å².